The summed E-state index contributed by atoms with van der Waals surface area (Å²) in [5.74, 6) is 0. The third-order valence-electron chi connectivity index (χ3n) is 3.75. The van der Waals surface area contributed by atoms with Gasteiger partial charge in [0.25, 0.3) is 0 Å². The van der Waals surface area contributed by atoms with Crippen molar-refractivity contribution in [3.8, 4) is 0 Å². The monoisotopic (exact) mass is 442 g/mol. The molecule has 2 fully saturated rings. The number of nitrogens with zero attached hydrogens (tertiary/aromatic N) is 2. The molecule has 4 atom stereocenters. The van der Waals surface area contributed by atoms with Crippen LogP contribution in [0.5, 0.6) is 0 Å². The first-order valence-corrected chi connectivity index (χ1v) is 6.22. The molecule has 2 heterocycles. The molecule has 0 spiro atoms. The predicted octanol–water partition coefficient (Wildman–Crippen LogP) is -3.91. The Labute approximate surface area is 147 Å². The molecule has 0 N–H and O–H groups in total. The molecule has 2 rings (SSSR count). The Bertz CT molecular complexity index is 206. The Morgan fingerprint density at radius 2 is 1.16 bits per heavy atom. The first-order chi connectivity index (χ1) is 7.83. The van der Waals surface area contributed by atoms with Crippen molar-refractivity contribution in [2.75, 3.05) is 27.3 Å². The average molecular weight is 445 g/mol. The minimum absolute atomic E-state index is 0. The van der Waals surface area contributed by atoms with Crippen LogP contribution in [0.15, 0.2) is 0 Å². The van der Waals surface area contributed by atoms with Gasteiger partial charge in [-0.05, 0) is 25.7 Å². The van der Waals surface area contributed by atoms with Crippen LogP contribution >= 0.6 is 0 Å². The van der Waals surface area contributed by atoms with Gasteiger partial charge in [0.05, 0.1) is 12.2 Å². The molecule has 2 aliphatic rings. The number of ether oxygens (including phenoxy) is 2. The van der Waals surface area contributed by atoms with Crippen molar-refractivity contribution in [1.82, 2.24) is 0 Å². The summed E-state index contributed by atoms with van der Waals surface area (Å²) >= 11 is 0. The van der Waals surface area contributed by atoms with Crippen molar-refractivity contribution >= 4 is 0 Å². The molecule has 0 bridgehead atoms. The molecule has 0 aromatic heterocycles. The van der Waals surface area contributed by atoms with Gasteiger partial charge in [0, 0.05) is 30.7 Å². The molecule has 120 valence electrons. The van der Waals surface area contributed by atoms with Crippen LogP contribution in [0.2, 0.25) is 0 Å². The largest absolute Gasteiger partial charge is 1.00 e. The second-order valence-electron chi connectivity index (χ2n) is 4.71. The summed E-state index contributed by atoms with van der Waals surface area (Å²) in [5, 5.41) is 9.38. The van der Waals surface area contributed by atoms with Crippen molar-refractivity contribution in [1.29, 1.82) is 0 Å². The number of piperidine rings is 2. The second kappa shape index (κ2) is 11.9. The van der Waals surface area contributed by atoms with E-state index >= 15 is 0 Å². The Hall–Kier alpha value is 1.29. The normalized spacial score (nSPS) is 34.4. The van der Waals surface area contributed by atoms with Gasteiger partial charge in [-0.2, -0.15) is 12.1 Å². The van der Waals surface area contributed by atoms with E-state index in [0.717, 1.165) is 38.8 Å². The van der Waals surface area contributed by atoms with E-state index < -0.39 is 0 Å². The van der Waals surface area contributed by atoms with Crippen LogP contribution in [0.1, 0.15) is 25.7 Å². The van der Waals surface area contributed by atoms with Gasteiger partial charge in [-0.15, -0.1) is 13.1 Å². The topological polar surface area (TPSA) is 46.7 Å². The van der Waals surface area contributed by atoms with Gasteiger partial charge in [-0.1, -0.05) is 0 Å². The van der Waals surface area contributed by atoms with Crippen molar-refractivity contribution in [2.45, 2.75) is 50.0 Å². The molecular weight excluding hydrogens is 423 g/mol. The standard InChI is InChI=1S/C12H22N2O2.2BrH.Ni/c1-15-9-3-5-13-11(7-9)12-8-10(16-2)4-6-14-12;;;/h9-12H,3-8H2,1-2H3;2*1H;/q-2;;;/p-2. The molecule has 2 saturated heterocycles. The van der Waals surface area contributed by atoms with E-state index in [1.54, 1.807) is 14.2 Å². The number of methoxy groups -OCH3 is 2. The maximum Gasteiger partial charge on any atom is 0.0540 e. The summed E-state index contributed by atoms with van der Waals surface area (Å²) in [6.45, 7) is 1.85. The maximum atomic E-state index is 5.43. The van der Waals surface area contributed by atoms with E-state index in [-0.39, 0.29) is 50.5 Å². The Morgan fingerprint density at radius 1 is 0.789 bits per heavy atom. The Kier molecular flexibility index (Phi) is 14.1. The van der Waals surface area contributed by atoms with Crippen LogP contribution in [0.4, 0.5) is 0 Å². The van der Waals surface area contributed by atoms with E-state index in [1.165, 1.54) is 0 Å². The van der Waals surface area contributed by atoms with Gasteiger partial charge in [0.2, 0.25) is 0 Å². The minimum atomic E-state index is 0. The fraction of sp³-hybridized carbons (Fsp3) is 1.00. The van der Waals surface area contributed by atoms with Crippen LogP contribution < -0.4 is 34.0 Å². The molecule has 19 heavy (non-hydrogen) atoms. The molecule has 7 heteroatoms. The molecule has 0 aromatic carbocycles. The van der Waals surface area contributed by atoms with E-state index in [2.05, 4.69) is 0 Å². The summed E-state index contributed by atoms with van der Waals surface area (Å²) in [4.78, 5) is 0. The van der Waals surface area contributed by atoms with Gasteiger partial charge in [-0.3, -0.25) is 0 Å². The molecule has 0 radical (unpaired) electrons. The van der Waals surface area contributed by atoms with Crippen molar-refractivity contribution in [3.05, 3.63) is 10.6 Å². The zero-order valence-corrected chi connectivity index (χ0v) is 15.5. The molecule has 0 aromatic rings. The molecule has 0 aliphatic carbocycles. The van der Waals surface area contributed by atoms with Gasteiger partial charge < -0.3 is 54.1 Å². The summed E-state index contributed by atoms with van der Waals surface area (Å²) in [5.41, 5.74) is 0. The third kappa shape index (κ3) is 6.72. The Balaban J connectivity index is 0. The zero-order valence-electron chi connectivity index (χ0n) is 11.3. The van der Waals surface area contributed by atoms with Gasteiger partial charge >= 0.3 is 0 Å². The molecule has 2 aliphatic heterocycles. The van der Waals surface area contributed by atoms with Crippen molar-refractivity contribution in [3.63, 3.8) is 0 Å². The number of rotatable bonds is 3. The van der Waals surface area contributed by atoms with E-state index in [4.69, 9.17) is 20.1 Å². The SMILES string of the molecule is COC1CC[N-]C(C2CC(OC)CC[N-]2)C1.[Br-].[Br-].[Ni]. The van der Waals surface area contributed by atoms with Crippen LogP contribution in [0.3, 0.4) is 0 Å². The summed E-state index contributed by atoms with van der Waals surface area (Å²) in [7, 11) is 3.59. The van der Waals surface area contributed by atoms with Crippen LogP contribution in [0.25, 0.3) is 10.6 Å². The zero-order chi connectivity index (χ0) is 11.4. The summed E-state index contributed by atoms with van der Waals surface area (Å²) < 4.78 is 10.9. The van der Waals surface area contributed by atoms with Crippen LogP contribution in [-0.2, 0) is 26.0 Å². The average Bonchev–Trinajstić information content (AvgIpc) is 2.39. The first kappa shape index (κ1) is 22.6. The number of hydrogen-bond acceptors (Lipinski definition) is 2. The third-order valence-corrected chi connectivity index (χ3v) is 3.75. The van der Waals surface area contributed by atoms with Gasteiger partial charge in [0.15, 0.2) is 0 Å². The minimum Gasteiger partial charge on any atom is -1.00 e. The van der Waals surface area contributed by atoms with Crippen molar-refractivity contribution < 1.29 is 59.9 Å². The maximum absolute atomic E-state index is 5.43. The quantitative estimate of drug-likeness (QED) is 0.418. The van der Waals surface area contributed by atoms with Gasteiger partial charge in [0.1, 0.15) is 0 Å². The Morgan fingerprint density at radius 3 is 1.47 bits per heavy atom. The summed E-state index contributed by atoms with van der Waals surface area (Å²) in [6, 6.07) is 0.716. The summed E-state index contributed by atoms with van der Waals surface area (Å²) in [6.07, 6.45) is 4.93. The number of hydrogen-bond donors (Lipinski definition) is 0. The fourth-order valence-electron chi connectivity index (χ4n) is 2.68. The number of halogens is 2. The second-order valence-corrected chi connectivity index (χ2v) is 4.71. The van der Waals surface area contributed by atoms with E-state index in [1.807, 2.05) is 0 Å². The molecular formula is C12H22Br2N2NiO2-4. The smallest absolute Gasteiger partial charge is 0.0540 e. The first-order valence-electron chi connectivity index (χ1n) is 6.22. The molecule has 4 nitrogen and oxygen atoms in total. The fourth-order valence-corrected chi connectivity index (χ4v) is 2.68. The van der Waals surface area contributed by atoms with E-state index in [9.17, 15) is 0 Å². The van der Waals surface area contributed by atoms with Crippen LogP contribution in [-0.4, -0.2) is 51.6 Å². The molecule has 0 saturated carbocycles. The molecule has 4 unspecified atom stereocenters. The van der Waals surface area contributed by atoms with Crippen LogP contribution in [0, 0.1) is 0 Å². The molecule has 0 amide bonds. The van der Waals surface area contributed by atoms with Crippen molar-refractivity contribution in [2.24, 2.45) is 0 Å². The van der Waals surface area contributed by atoms with Gasteiger partial charge in [-0.25, -0.2) is 0 Å². The predicted molar refractivity (Wildman–Crippen MR) is 64.1 cm³/mol. The van der Waals surface area contributed by atoms with E-state index in [0.29, 0.717) is 24.3 Å².